The van der Waals surface area contributed by atoms with E-state index in [1.54, 1.807) is 22.6 Å². The number of benzene rings is 2. The fourth-order valence-electron chi connectivity index (χ4n) is 3.87. The van der Waals surface area contributed by atoms with Crippen LogP contribution in [0.1, 0.15) is 34.2 Å². The van der Waals surface area contributed by atoms with E-state index < -0.39 is 5.54 Å². The van der Waals surface area contributed by atoms with E-state index in [1.165, 1.54) is 0 Å². The zero-order chi connectivity index (χ0) is 20.6. The molecule has 1 unspecified atom stereocenters. The lowest BCUT2D eigenvalue weighted by atomic mass is 9.93. The predicted molar refractivity (Wildman–Crippen MR) is 112 cm³/mol. The number of anilines is 1. The average molecular weight is 388 g/mol. The maximum atomic E-state index is 13.5. The molecule has 6 heteroatoms. The number of para-hydroxylation sites is 1. The van der Waals surface area contributed by atoms with E-state index in [0.717, 1.165) is 22.5 Å². The number of hydrogen-bond donors (Lipinski definition) is 1. The molecule has 1 aliphatic rings. The number of carbonyl (C=O) groups is 2. The molecular formula is C23H24N4O2. The number of rotatable bonds is 4. The monoisotopic (exact) mass is 388 g/mol. The number of aryl methyl sites for hydroxylation is 2. The first-order valence-electron chi connectivity index (χ1n) is 9.67. The van der Waals surface area contributed by atoms with Crippen LogP contribution in [-0.4, -0.2) is 27.1 Å². The van der Waals surface area contributed by atoms with Crippen molar-refractivity contribution in [1.82, 2.24) is 15.1 Å². The second-order valence-corrected chi connectivity index (χ2v) is 7.70. The summed E-state index contributed by atoms with van der Waals surface area (Å²) in [5.41, 5.74) is 2.83. The van der Waals surface area contributed by atoms with E-state index in [0.29, 0.717) is 12.2 Å². The van der Waals surface area contributed by atoms with Crippen LogP contribution in [0.5, 0.6) is 0 Å². The van der Waals surface area contributed by atoms with Crippen molar-refractivity contribution in [1.29, 1.82) is 0 Å². The summed E-state index contributed by atoms with van der Waals surface area (Å²) in [5.74, 6) is -0.430. The third-order valence-corrected chi connectivity index (χ3v) is 5.42. The normalized spacial score (nSPS) is 18.4. The van der Waals surface area contributed by atoms with Gasteiger partial charge in [0, 0.05) is 12.2 Å². The van der Waals surface area contributed by atoms with E-state index in [1.807, 2.05) is 68.4 Å². The van der Waals surface area contributed by atoms with Crippen LogP contribution in [0.15, 0.2) is 60.7 Å². The highest BCUT2D eigenvalue weighted by Crippen LogP contribution is 2.34. The van der Waals surface area contributed by atoms with Crippen molar-refractivity contribution in [2.75, 3.05) is 4.90 Å². The van der Waals surface area contributed by atoms with Crippen molar-refractivity contribution in [3.63, 3.8) is 0 Å². The fraction of sp³-hybridized carbons (Fsp3) is 0.261. The Morgan fingerprint density at radius 2 is 1.79 bits per heavy atom. The van der Waals surface area contributed by atoms with Gasteiger partial charge in [0.15, 0.2) is 0 Å². The molecule has 0 saturated carbocycles. The van der Waals surface area contributed by atoms with E-state index in [-0.39, 0.29) is 18.4 Å². The molecule has 0 saturated heterocycles. The molecule has 1 atom stereocenters. The van der Waals surface area contributed by atoms with Crippen LogP contribution < -0.4 is 10.2 Å². The summed E-state index contributed by atoms with van der Waals surface area (Å²) in [4.78, 5) is 28.5. The lowest BCUT2D eigenvalue weighted by Gasteiger charge is -2.43. The van der Waals surface area contributed by atoms with Gasteiger partial charge in [0.2, 0.25) is 5.91 Å². The van der Waals surface area contributed by atoms with Crippen molar-refractivity contribution in [3.8, 4) is 0 Å². The quantitative estimate of drug-likeness (QED) is 0.746. The molecule has 0 bridgehead atoms. The molecular weight excluding hydrogens is 364 g/mol. The summed E-state index contributed by atoms with van der Waals surface area (Å²) in [7, 11) is 0. The molecule has 0 radical (unpaired) electrons. The fourth-order valence-corrected chi connectivity index (χ4v) is 3.87. The first kappa shape index (κ1) is 18.9. The SMILES string of the molecule is Cc1cc2n(n1)CC(C)(C(=O)NCc1ccccc1)N(c1ccccc1C)C2=O. The zero-order valence-electron chi connectivity index (χ0n) is 16.8. The van der Waals surface area contributed by atoms with Gasteiger partial charge in [-0.3, -0.25) is 19.2 Å². The second kappa shape index (κ2) is 7.20. The van der Waals surface area contributed by atoms with Crippen LogP contribution in [-0.2, 0) is 17.9 Å². The Labute approximate surface area is 170 Å². The summed E-state index contributed by atoms with van der Waals surface area (Å²) in [6.07, 6.45) is 0. The number of carbonyl (C=O) groups excluding carboxylic acids is 2. The highest BCUT2D eigenvalue weighted by atomic mass is 16.2. The van der Waals surface area contributed by atoms with Crippen LogP contribution in [0.4, 0.5) is 5.69 Å². The number of nitrogens with one attached hydrogen (secondary N) is 1. The van der Waals surface area contributed by atoms with E-state index >= 15 is 0 Å². The van der Waals surface area contributed by atoms with Gasteiger partial charge < -0.3 is 5.32 Å². The number of aromatic nitrogens is 2. The van der Waals surface area contributed by atoms with Gasteiger partial charge in [0.05, 0.1) is 12.2 Å². The Balaban J connectivity index is 1.74. The van der Waals surface area contributed by atoms with Crippen LogP contribution in [0.2, 0.25) is 0 Å². The van der Waals surface area contributed by atoms with Gasteiger partial charge in [0.1, 0.15) is 11.2 Å². The van der Waals surface area contributed by atoms with Gasteiger partial charge >= 0.3 is 0 Å². The van der Waals surface area contributed by atoms with Gasteiger partial charge in [-0.2, -0.15) is 5.10 Å². The molecule has 2 amide bonds. The first-order chi connectivity index (χ1) is 13.9. The molecule has 29 heavy (non-hydrogen) atoms. The maximum absolute atomic E-state index is 13.5. The minimum atomic E-state index is -1.11. The van der Waals surface area contributed by atoms with Crippen molar-refractivity contribution in [2.45, 2.75) is 39.4 Å². The van der Waals surface area contributed by atoms with E-state index in [9.17, 15) is 9.59 Å². The second-order valence-electron chi connectivity index (χ2n) is 7.70. The predicted octanol–water partition coefficient (Wildman–Crippen LogP) is 3.24. The smallest absolute Gasteiger partial charge is 0.277 e. The van der Waals surface area contributed by atoms with Crippen molar-refractivity contribution >= 4 is 17.5 Å². The van der Waals surface area contributed by atoms with Gasteiger partial charge in [-0.1, -0.05) is 48.5 Å². The Kier molecular flexibility index (Phi) is 4.70. The summed E-state index contributed by atoms with van der Waals surface area (Å²) >= 11 is 0. The number of nitrogens with zero attached hydrogens (tertiary/aromatic N) is 3. The molecule has 3 aromatic rings. The first-order valence-corrected chi connectivity index (χ1v) is 9.67. The number of hydrogen-bond acceptors (Lipinski definition) is 3. The zero-order valence-corrected chi connectivity index (χ0v) is 16.8. The van der Waals surface area contributed by atoms with Gasteiger partial charge in [-0.15, -0.1) is 0 Å². The standard InChI is InChI=1S/C23H24N4O2/c1-16-9-7-8-12-19(16)27-21(28)20-13-17(2)25-26(20)15-23(27,3)22(29)24-14-18-10-5-4-6-11-18/h4-13H,14-15H2,1-3H3,(H,24,29). The third-order valence-electron chi connectivity index (χ3n) is 5.42. The minimum Gasteiger partial charge on any atom is -0.350 e. The highest BCUT2D eigenvalue weighted by molar-refractivity contribution is 6.12. The van der Waals surface area contributed by atoms with Crippen LogP contribution in [0.3, 0.4) is 0 Å². The Morgan fingerprint density at radius 3 is 2.52 bits per heavy atom. The van der Waals surface area contributed by atoms with Crippen LogP contribution in [0.25, 0.3) is 0 Å². The van der Waals surface area contributed by atoms with Gasteiger partial charge in [-0.25, -0.2) is 0 Å². The number of fused-ring (bicyclic) bond motifs is 1. The van der Waals surface area contributed by atoms with Crippen LogP contribution >= 0.6 is 0 Å². The summed E-state index contributed by atoms with van der Waals surface area (Å²) < 4.78 is 1.65. The molecule has 0 spiro atoms. The van der Waals surface area contributed by atoms with Crippen LogP contribution in [0, 0.1) is 13.8 Å². The summed E-state index contributed by atoms with van der Waals surface area (Å²) in [6.45, 7) is 6.29. The molecule has 4 rings (SSSR count). The molecule has 0 fully saturated rings. The van der Waals surface area contributed by atoms with Gasteiger partial charge in [0.25, 0.3) is 5.91 Å². The van der Waals surface area contributed by atoms with E-state index in [2.05, 4.69) is 10.4 Å². The molecule has 6 nitrogen and oxygen atoms in total. The number of amides is 2. The molecule has 0 aliphatic carbocycles. The molecule has 1 N–H and O–H groups in total. The maximum Gasteiger partial charge on any atom is 0.277 e. The molecule has 2 aromatic carbocycles. The molecule has 1 aromatic heterocycles. The Morgan fingerprint density at radius 1 is 1.10 bits per heavy atom. The molecule has 2 heterocycles. The van der Waals surface area contributed by atoms with Gasteiger partial charge in [-0.05, 0) is 44.0 Å². The largest absolute Gasteiger partial charge is 0.350 e. The third kappa shape index (κ3) is 3.31. The van der Waals surface area contributed by atoms with Crippen molar-refractivity contribution in [2.24, 2.45) is 0 Å². The lowest BCUT2D eigenvalue weighted by molar-refractivity contribution is -0.126. The van der Waals surface area contributed by atoms with Crippen molar-refractivity contribution in [3.05, 3.63) is 83.2 Å². The highest BCUT2D eigenvalue weighted by Gasteiger charge is 2.49. The molecule has 148 valence electrons. The summed E-state index contributed by atoms with van der Waals surface area (Å²) in [5, 5.41) is 7.45. The minimum absolute atomic E-state index is 0.211. The topological polar surface area (TPSA) is 67.2 Å². The molecule has 1 aliphatic heterocycles. The Hall–Kier alpha value is -3.41. The Bertz CT molecular complexity index is 1070. The average Bonchev–Trinajstić information content (AvgIpc) is 3.08. The van der Waals surface area contributed by atoms with E-state index in [4.69, 9.17) is 0 Å². The lowest BCUT2D eigenvalue weighted by Crippen LogP contribution is -2.64. The van der Waals surface area contributed by atoms with Crippen molar-refractivity contribution < 1.29 is 9.59 Å². The summed E-state index contributed by atoms with van der Waals surface area (Å²) in [6, 6.07) is 19.1.